The summed E-state index contributed by atoms with van der Waals surface area (Å²) in [5, 5.41) is 18.3. The molecule has 0 radical (unpaired) electrons. The van der Waals surface area contributed by atoms with Gasteiger partial charge in [-0.2, -0.15) is 10.5 Å². The van der Waals surface area contributed by atoms with Gasteiger partial charge in [0.1, 0.15) is 0 Å². The molecule has 0 amide bonds. The lowest BCUT2D eigenvalue weighted by Crippen LogP contribution is -2.42. The standard InChI is InChI=1S/C13H14N2/c14-6-11-10-4-8-2-1-3-9(5-10)13(8)12(11)7-15/h8-10,13H,1-5H2/t8-,9+,10?,13?. The van der Waals surface area contributed by atoms with Crippen LogP contribution in [-0.4, -0.2) is 0 Å². The van der Waals surface area contributed by atoms with E-state index in [4.69, 9.17) is 5.26 Å². The Balaban J connectivity index is 2.10. The fraction of sp³-hybridized carbons (Fsp3) is 0.692. The van der Waals surface area contributed by atoms with Crippen molar-refractivity contribution in [2.24, 2.45) is 23.7 Å². The summed E-state index contributed by atoms with van der Waals surface area (Å²) < 4.78 is 0. The largest absolute Gasteiger partial charge is 0.193 e. The number of nitrogens with zero attached hydrogens (tertiary/aromatic N) is 2. The van der Waals surface area contributed by atoms with Crippen molar-refractivity contribution in [3.63, 3.8) is 0 Å². The van der Waals surface area contributed by atoms with E-state index < -0.39 is 0 Å². The van der Waals surface area contributed by atoms with Gasteiger partial charge in [-0.05, 0) is 43.4 Å². The molecule has 4 atom stereocenters. The fourth-order valence-corrected chi connectivity index (χ4v) is 4.14. The van der Waals surface area contributed by atoms with Crippen LogP contribution in [0, 0.1) is 46.3 Å². The second kappa shape index (κ2) is 3.11. The summed E-state index contributed by atoms with van der Waals surface area (Å²) >= 11 is 0. The molecule has 0 heterocycles. The molecule has 0 N–H and O–H groups in total. The van der Waals surface area contributed by atoms with Crippen molar-refractivity contribution in [2.45, 2.75) is 32.1 Å². The zero-order valence-electron chi connectivity index (χ0n) is 8.74. The first-order valence-electron chi connectivity index (χ1n) is 5.89. The minimum Gasteiger partial charge on any atom is -0.193 e. The zero-order chi connectivity index (χ0) is 10.4. The van der Waals surface area contributed by atoms with Gasteiger partial charge in [-0.3, -0.25) is 0 Å². The summed E-state index contributed by atoms with van der Waals surface area (Å²) in [6.07, 6.45) is 6.24. The molecule has 15 heavy (non-hydrogen) atoms. The zero-order valence-corrected chi connectivity index (χ0v) is 8.74. The minimum atomic E-state index is 0.421. The Morgan fingerprint density at radius 2 is 1.53 bits per heavy atom. The molecule has 2 fully saturated rings. The molecule has 4 bridgehead atoms. The van der Waals surface area contributed by atoms with E-state index in [1.807, 2.05) is 0 Å². The highest BCUT2D eigenvalue weighted by Crippen LogP contribution is 2.56. The lowest BCUT2D eigenvalue weighted by molar-refractivity contribution is 0.0762. The van der Waals surface area contributed by atoms with Crippen molar-refractivity contribution in [1.29, 1.82) is 10.5 Å². The highest BCUT2D eigenvalue weighted by atomic mass is 14.5. The lowest BCUT2D eigenvalue weighted by atomic mass is 9.53. The molecule has 2 unspecified atom stereocenters. The van der Waals surface area contributed by atoms with E-state index >= 15 is 0 Å². The predicted octanol–water partition coefficient (Wildman–Crippen LogP) is 2.79. The lowest BCUT2D eigenvalue weighted by Gasteiger charge is -2.50. The Labute approximate surface area is 90.2 Å². The second-order valence-corrected chi connectivity index (χ2v) is 5.20. The summed E-state index contributed by atoms with van der Waals surface area (Å²) in [6.45, 7) is 0. The molecule has 2 nitrogen and oxygen atoms in total. The van der Waals surface area contributed by atoms with Crippen molar-refractivity contribution in [3.8, 4) is 12.1 Å². The quantitative estimate of drug-likeness (QED) is 0.601. The van der Waals surface area contributed by atoms with E-state index in [1.54, 1.807) is 0 Å². The number of nitriles is 2. The second-order valence-electron chi connectivity index (χ2n) is 5.20. The van der Waals surface area contributed by atoms with Crippen LogP contribution in [0.2, 0.25) is 0 Å². The maximum Gasteiger partial charge on any atom is 0.0960 e. The molecular formula is C13H14N2. The topological polar surface area (TPSA) is 47.6 Å². The number of hydrogen-bond acceptors (Lipinski definition) is 2. The van der Waals surface area contributed by atoms with E-state index in [-0.39, 0.29) is 0 Å². The molecule has 4 aliphatic carbocycles. The first kappa shape index (κ1) is 8.98. The van der Waals surface area contributed by atoms with Crippen LogP contribution >= 0.6 is 0 Å². The molecule has 4 rings (SSSR count). The summed E-state index contributed by atoms with van der Waals surface area (Å²) in [5.74, 6) is 2.30. The molecule has 0 aliphatic heterocycles. The Hall–Kier alpha value is -1.28. The van der Waals surface area contributed by atoms with Gasteiger partial charge in [-0.15, -0.1) is 0 Å². The predicted molar refractivity (Wildman–Crippen MR) is 55.3 cm³/mol. The van der Waals surface area contributed by atoms with Gasteiger partial charge in [-0.1, -0.05) is 6.42 Å². The van der Waals surface area contributed by atoms with Gasteiger partial charge in [0.15, 0.2) is 0 Å². The molecule has 4 aliphatic rings. The summed E-state index contributed by atoms with van der Waals surface area (Å²) in [7, 11) is 0. The van der Waals surface area contributed by atoms with E-state index in [0.717, 1.165) is 11.1 Å². The van der Waals surface area contributed by atoms with E-state index in [9.17, 15) is 5.26 Å². The number of allylic oxidation sites excluding steroid dienone is 2. The molecule has 76 valence electrons. The number of rotatable bonds is 0. The van der Waals surface area contributed by atoms with Crippen molar-refractivity contribution < 1.29 is 0 Å². The molecule has 2 saturated carbocycles. The van der Waals surface area contributed by atoms with Gasteiger partial charge in [0.05, 0.1) is 12.1 Å². The van der Waals surface area contributed by atoms with Gasteiger partial charge < -0.3 is 0 Å². The monoisotopic (exact) mass is 198 g/mol. The van der Waals surface area contributed by atoms with Gasteiger partial charge >= 0.3 is 0 Å². The Morgan fingerprint density at radius 3 is 2.07 bits per heavy atom. The van der Waals surface area contributed by atoms with E-state index in [0.29, 0.717) is 23.7 Å². The van der Waals surface area contributed by atoms with Crippen molar-refractivity contribution in [2.75, 3.05) is 0 Å². The fourth-order valence-electron chi connectivity index (χ4n) is 4.14. The van der Waals surface area contributed by atoms with Gasteiger partial charge in [0, 0.05) is 17.1 Å². The summed E-state index contributed by atoms with van der Waals surface area (Å²) in [6, 6.07) is 4.60. The molecular weight excluding hydrogens is 184 g/mol. The van der Waals surface area contributed by atoms with Crippen LogP contribution in [0.5, 0.6) is 0 Å². The molecule has 0 aromatic carbocycles. The Morgan fingerprint density at radius 1 is 0.933 bits per heavy atom. The third-order valence-electron chi connectivity index (χ3n) is 4.61. The maximum absolute atomic E-state index is 9.21. The van der Waals surface area contributed by atoms with E-state index in [1.165, 1.54) is 32.1 Å². The first-order valence-corrected chi connectivity index (χ1v) is 5.89. The van der Waals surface area contributed by atoms with Gasteiger partial charge in [0.25, 0.3) is 0 Å². The minimum absolute atomic E-state index is 0.421. The van der Waals surface area contributed by atoms with E-state index in [2.05, 4.69) is 12.1 Å². The van der Waals surface area contributed by atoms with Gasteiger partial charge in [0.2, 0.25) is 0 Å². The number of hydrogen-bond donors (Lipinski definition) is 0. The third kappa shape index (κ3) is 1.08. The molecule has 0 aromatic heterocycles. The third-order valence-corrected chi connectivity index (χ3v) is 4.61. The summed E-state index contributed by atoms with van der Waals surface area (Å²) in [4.78, 5) is 0. The molecule has 2 heteroatoms. The highest BCUT2D eigenvalue weighted by molar-refractivity contribution is 5.45. The Kier molecular flexibility index (Phi) is 1.86. The van der Waals surface area contributed by atoms with Gasteiger partial charge in [-0.25, -0.2) is 0 Å². The highest BCUT2D eigenvalue weighted by Gasteiger charge is 2.48. The molecule has 0 spiro atoms. The maximum atomic E-state index is 9.21. The molecule has 0 saturated heterocycles. The smallest absolute Gasteiger partial charge is 0.0960 e. The van der Waals surface area contributed by atoms with Crippen LogP contribution < -0.4 is 0 Å². The average molecular weight is 198 g/mol. The van der Waals surface area contributed by atoms with Crippen molar-refractivity contribution in [1.82, 2.24) is 0 Å². The molecule has 0 aromatic rings. The summed E-state index contributed by atoms with van der Waals surface area (Å²) in [5.41, 5.74) is 1.69. The van der Waals surface area contributed by atoms with Crippen molar-refractivity contribution >= 4 is 0 Å². The van der Waals surface area contributed by atoms with Crippen LogP contribution in [0.15, 0.2) is 11.1 Å². The van der Waals surface area contributed by atoms with Crippen LogP contribution in [0.4, 0.5) is 0 Å². The van der Waals surface area contributed by atoms with Crippen LogP contribution in [0.25, 0.3) is 0 Å². The average Bonchev–Trinajstić information content (AvgIpc) is 2.27. The van der Waals surface area contributed by atoms with Crippen LogP contribution in [0.3, 0.4) is 0 Å². The first-order chi connectivity index (χ1) is 7.35. The SMILES string of the molecule is N#CC1=C(C#N)C2[C@@H]3CCC[C@H]2CC1C3. The van der Waals surface area contributed by atoms with Crippen LogP contribution in [0.1, 0.15) is 32.1 Å². The normalized spacial score (nSPS) is 42.3. The van der Waals surface area contributed by atoms with Crippen molar-refractivity contribution in [3.05, 3.63) is 11.1 Å². The Bertz CT molecular complexity index is 393. The van der Waals surface area contributed by atoms with Crippen LogP contribution in [-0.2, 0) is 0 Å².